The molecule has 4 nitrogen and oxygen atoms in total. The predicted octanol–water partition coefficient (Wildman–Crippen LogP) is 1.65. The van der Waals surface area contributed by atoms with Crippen LogP contribution >= 0.6 is 31.9 Å². The Morgan fingerprint density at radius 3 is 2.62 bits per heavy atom. The zero-order chi connectivity index (χ0) is 12.2. The van der Waals surface area contributed by atoms with Gasteiger partial charge in [-0.3, -0.25) is 9.59 Å². The minimum Gasteiger partial charge on any atom is -0.345 e. The van der Waals surface area contributed by atoms with Crippen molar-refractivity contribution in [3.05, 3.63) is 34.2 Å². The second kappa shape index (κ2) is 5.63. The maximum Gasteiger partial charge on any atom is 0.252 e. The average molecular weight is 352 g/mol. The van der Waals surface area contributed by atoms with Crippen LogP contribution in [0.4, 0.5) is 0 Å². The van der Waals surface area contributed by atoms with Crippen LogP contribution in [0, 0.1) is 0 Å². The predicted molar refractivity (Wildman–Crippen MR) is 70.5 cm³/mol. The highest BCUT2D eigenvalue weighted by molar-refractivity contribution is 9.09. The monoisotopic (exact) mass is 350 g/mol. The first kappa shape index (κ1) is 13.4. The fourth-order valence-corrected chi connectivity index (χ4v) is 2.24. The van der Waals surface area contributed by atoms with Crippen LogP contribution < -0.4 is 10.9 Å². The first-order valence-corrected chi connectivity index (χ1v) is 6.88. The molecule has 2 N–H and O–H groups in total. The molecule has 6 heteroatoms. The normalized spacial score (nSPS) is 11.2. The number of amides is 1. The lowest BCUT2D eigenvalue weighted by Gasteiger charge is -2.26. The largest absolute Gasteiger partial charge is 0.345 e. The summed E-state index contributed by atoms with van der Waals surface area (Å²) in [5.41, 5.74) is -0.302. The summed E-state index contributed by atoms with van der Waals surface area (Å²) < 4.78 is 0. The number of halogens is 2. The fraction of sp³-hybridized carbons (Fsp3) is 0.400. The van der Waals surface area contributed by atoms with E-state index >= 15 is 0 Å². The molecule has 0 aromatic carbocycles. The summed E-state index contributed by atoms with van der Waals surface area (Å²) in [6, 6.07) is 2.85. The van der Waals surface area contributed by atoms with Crippen LogP contribution in [0.25, 0.3) is 0 Å². The molecule has 0 aliphatic carbocycles. The number of hydrogen-bond acceptors (Lipinski definition) is 2. The van der Waals surface area contributed by atoms with Crippen molar-refractivity contribution in [2.45, 2.75) is 12.5 Å². The summed E-state index contributed by atoms with van der Waals surface area (Å²) in [4.78, 5) is 25.3. The van der Waals surface area contributed by atoms with Crippen LogP contribution in [0.15, 0.2) is 23.1 Å². The van der Waals surface area contributed by atoms with Gasteiger partial charge in [0.1, 0.15) is 0 Å². The summed E-state index contributed by atoms with van der Waals surface area (Å²) >= 11 is 6.67. The van der Waals surface area contributed by atoms with Crippen LogP contribution in [0.5, 0.6) is 0 Å². The molecule has 0 saturated heterocycles. The fourth-order valence-electron chi connectivity index (χ4n) is 1.03. The van der Waals surface area contributed by atoms with Crippen molar-refractivity contribution < 1.29 is 4.79 Å². The van der Waals surface area contributed by atoms with Gasteiger partial charge >= 0.3 is 0 Å². The van der Waals surface area contributed by atoms with Gasteiger partial charge in [-0.1, -0.05) is 31.9 Å². The highest BCUT2D eigenvalue weighted by Gasteiger charge is 2.24. The Morgan fingerprint density at radius 1 is 1.50 bits per heavy atom. The van der Waals surface area contributed by atoms with Gasteiger partial charge in [-0.2, -0.15) is 0 Å². The van der Waals surface area contributed by atoms with Crippen molar-refractivity contribution in [2.24, 2.45) is 0 Å². The van der Waals surface area contributed by atoms with Crippen molar-refractivity contribution in [1.82, 2.24) is 10.3 Å². The molecule has 0 saturated carbocycles. The number of nitrogens with one attached hydrogen (secondary N) is 2. The van der Waals surface area contributed by atoms with Gasteiger partial charge in [-0.15, -0.1) is 0 Å². The Hall–Kier alpha value is -0.620. The lowest BCUT2D eigenvalue weighted by Crippen LogP contribution is -2.49. The van der Waals surface area contributed by atoms with Gasteiger partial charge in [0, 0.05) is 28.5 Å². The smallest absolute Gasteiger partial charge is 0.252 e. The number of aromatic nitrogens is 1. The number of carbonyl (C=O) groups is 1. The molecule has 1 aromatic rings. The Labute approximate surface area is 110 Å². The van der Waals surface area contributed by atoms with Crippen molar-refractivity contribution >= 4 is 37.8 Å². The maximum atomic E-state index is 11.8. The van der Waals surface area contributed by atoms with E-state index in [1.165, 1.54) is 12.3 Å². The minimum absolute atomic E-state index is 0.257. The number of pyridine rings is 1. The number of H-pyrrole nitrogens is 1. The number of carbonyl (C=O) groups excluding carboxylic acids is 1. The SMILES string of the molecule is CC(CBr)(CBr)NC(=O)c1cc[nH]c(=O)c1. The van der Waals surface area contributed by atoms with Gasteiger partial charge in [0.15, 0.2) is 0 Å². The van der Waals surface area contributed by atoms with Gasteiger partial charge in [0.05, 0.1) is 5.54 Å². The van der Waals surface area contributed by atoms with Gasteiger partial charge in [-0.05, 0) is 13.0 Å². The molecule has 0 radical (unpaired) electrons. The quantitative estimate of drug-likeness (QED) is 0.810. The lowest BCUT2D eigenvalue weighted by atomic mass is 10.1. The number of hydrogen-bond donors (Lipinski definition) is 2. The summed E-state index contributed by atoms with van der Waals surface area (Å²) in [7, 11) is 0. The average Bonchev–Trinajstić information content (AvgIpc) is 2.29. The van der Waals surface area contributed by atoms with E-state index in [0.29, 0.717) is 16.2 Å². The van der Waals surface area contributed by atoms with Crippen LogP contribution in [0.1, 0.15) is 17.3 Å². The second-order valence-corrected chi connectivity index (χ2v) is 4.85. The van der Waals surface area contributed by atoms with Crippen molar-refractivity contribution in [2.75, 3.05) is 10.7 Å². The molecule has 1 rings (SSSR count). The molecule has 1 heterocycles. The first-order valence-electron chi connectivity index (χ1n) is 4.64. The van der Waals surface area contributed by atoms with Crippen LogP contribution in [0.2, 0.25) is 0 Å². The Kier molecular flexibility index (Phi) is 4.73. The summed E-state index contributed by atoms with van der Waals surface area (Å²) in [5, 5.41) is 4.10. The van der Waals surface area contributed by atoms with Crippen LogP contribution in [-0.2, 0) is 0 Å². The minimum atomic E-state index is -0.375. The highest BCUT2D eigenvalue weighted by atomic mass is 79.9. The molecule has 0 spiro atoms. The lowest BCUT2D eigenvalue weighted by molar-refractivity contribution is 0.0922. The number of alkyl halides is 2. The van der Waals surface area contributed by atoms with Gasteiger partial charge in [0.2, 0.25) is 5.56 Å². The van der Waals surface area contributed by atoms with E-state index in [-0.39, 0.29) is 17.0 Å². The molecule has 1 aromatic heterocycles. The van der Waals surface area contributed by atoms with Crippen LogP contribution in [0.3, 0.4) is 0 Å². The van der Waals surface area contributed by atoms with E-state index in [4.69, 9.17) is 0 Å². The third-order valence-electron chi connectivity index (χ3n) is 2.04. The Morgan fingerprint density at radius 2 is 2.12 bits per heavy atom. The summed E-state index contributed by atoms with van der Waals surface area (Å²) in [6.07, 6.45) is 1.46. The number of aromatic amines is 1. The van der Waals surface area contributed by atoms with E-state index in [9.17, 15) is 9.59 Å². The molecular formula is C10H12Br2N2O2. The van der Waals surface area contributed by atoms with Crippen molar-refractivity contribution in [1.29, 1.82) is 0 Å². The van der Waals surface area contributed by atoms with E-state index < -0.39 is 0 Å². The first-order chi connectivity index (χ1) is 7.50. The number of rotatable bonds is 4. The van der Waals surface area contributed by atoms with E-state index in [2.05, 4.69) is 42.2 Å². The van der Waals surface area contributed by atoms with Gasteiger partial charge < -0.3 is 10.3 Å². The molecule has 0 fully saturated rings. The van der Waals surface area contributed by atoms with Crippen LogP contribution in [-0.4, -0.2) is 27.1 Å². The second-order valence-electron chi connectivity index (χ2n) is 3.72. The van der Waals surface area contributed by atoms with Gasteiger partial charge in [-0.25, -0.2) is 0 Å². The van der Waals surface area contributed by atoms with E-state index in [1.54, 1.807) is 6.07 Å². The van der Waals surface area contributed by atoms with E-state index in [1.807, 2.05) is 6.92 Å². The molecule has 88 valence electrons. The topological polar surface area (TPSA) is 62.0 Å². The molecule has 0 atom stereocenters. The molecule has 0 aliphatic rings. The zero-order valence-corrected chi connectivity index (χ0v) is 11.9. The molecule has 0 bridgehead atoms. The summed E-state index contributed by atoms with van der Waals surface area (Å²) in [6.45, 7) is 1.90. The molecule has 16 heavy (non-hydrogen) atoms. The van der Waals surface area contributed by atoms with Crippen molar-refractivity contribution in [3.8, 4) is 0 Å². The molecule has 1 amide bonds. The summed E-state index contributed by atoms with van der Waals surface area (Å²) in [5.74, 6) is -0.257. The maximum absolute atomic E-state index is 11.8. The molecular weight excluding hydrogens is 340 g/mol. The molecule has 0 aliphatic heterocycles. The Balaban J connectivity index is 2.84. The third kappa shape index (κ3) is 3.45. The van der Waals surface area contributed by atoms with Crippen molar-refractivity contribution in [3.63, 3.8) is 0 Å². The van der Waals surface area contributed by atoms with Gasteiger partial charge in [0.25, 0.3) is 5.91 Å². The molecule has 0 unspecified atom stereocenters. The standard InChI is InChI=1S/C10H12Br2N2O2/c1-10(5-11,6-12)14-9(16)7-2-3-13-8(15)4-7/h2-4H,5-6H2,1H3,(H,13,15)(H,14,16). The highest BCUT2D eigenvalue weighted by Crippen LogP contribution is 2.12. The zero-order valence-electron chi connectivity index (χ0n) is 8.72. The Bertz CT molecular complexity index is 427. The van der Waals surface area contributed by atoms with E-state index in [0.717, 1.165) is 0 Å². The third-order valence-corrected chi connectivity index (χ3v) is 4.52.